The van der Waals surface area contributed by atoms with Gasteiger partial charge in [-0.25, -0.2) is 9.78 Å². The highest BCUT2D eigenvalue weighted by Gasteiger charge is 2.45. The summed E-state index contributed by atoms with van der Waals surface area (Å²) >= 11 is 4.07. The van der Waals surface area contributed by atoms with Crippen molar-refractivity contribution in [1.29, 1.82) is 0 Å². The molecule has 5 heterocycles. The molecule has 1 amide bonds. The molecule has 0 aliphatic carbocycles. The third kappa shape index (κ3) is 10.6. The number of hydrogen-bond donors (Lipinski definition) is 0. The number of aromatic nitrogens is 4. The van der Waals surface area contributed by atoms with E-state index in [9.17, 15) is 4.79 Å². The Morgan fingerprint density at radius 2 is 1.51 bits per heavy atom. The maximum Gasteiger partial charge on any atom is 0.410 e. The molecule has 2 atom stereocenters. The molecule has 298 valence electrons. The average Bonchev–Trinajstić information content (AvgIpc) is 3.52. The van der Waals surface area contributed by atoms with Gasteiger partial charge in [-0.15, -0.1) is 0 Å². The van der Waals surface area contributed by atoms with Crippen molar-refractivity contribution in [3.8, 4) is 22.4 Å². The van der Waals surface area contributed by atoms with Gasteiger partial charge in [0.2, 0.25) is 0 Å². The van der Waals surface area contributed by atoms with E-state index in [1.165, 1.54) is 0 Å². The summed E-state index contributed by atoms with van der Waals surface area (Å²) in [5, 5.41) is 4.97. The molecule has 0 saturated carbocycles. The van der Waals surface area contributed by atoms with E-state index >= 15 is 0 Å². The maximum atomic E-state index is 13.5. The summed E-state index contributed by atoms with van der Waals surface area (Å²) in [6.07, 6.45) is 4.88. The van der Waals surface area contributed by atoms with Crippen LogP contribution < -0.4 is 4.90 Å². The zero-order valence-corrected chi connectivity index (χ0v) is 37.7. The number of anilines is 1. The molecular weight excluding hydrogens is 793 g/mol. The van der Waals surface area contributed by atoms with E-state index in [4.69, 9.17) is 34.0 Å². The molecular formula is C41H59BrN6O5Si2. The third-order valence-electron chi connectivity index (χ3n) is 10.0. The number of halogens is 1. The minimum absolute atomic E-state index is 0.0412. The van der Waals surface area contributed by atoms with Crippen LogP contribution in [-0.2, 0) is 18.9 Å². The second-order valence-corrected chi connectivity index (χ2v) is 30.4. The molecule has 2 unspecified atom stereocenters. The third-order valence-corrected chi connectivity index (χ3v) is 14.2. The fourth-order valence-corrected chi connectivity index (χ4v) is 9.42. The van der Waals surface area contributed by atoms with E-state index in [1.54, 1.807) is 0 Å². The number of carbonyl (C=O) groups excluding carboxylic acids is 1. The molecule has 2 saturated heterocycles. The van der Waals surface area contributed by atoms with Gasteiger partial charge in [0.15, 0.2) is 11.5 Å². The Bertz CT molecular complexity index is 1870. The molecule has 0 spiro atoms. The smallest absolute Gasteiger partial charge is 0.410 e. The van der Waals surface area contributed by atoms with Crippen LogP contribution in [0.25, 0.3) is 28.0 Å². The lowest BCUT2D eigenvalue weighted by molar-refractivity contribution is -0.0828. The highest BCUT2D eigenvalue weighted by molar-refractivity contribution is 9.10. The number of nitrogens with zero attached hydrogens (tertiary/aromatic N) is 6. The van der Waals surface area contributed by atoms with Crippen LogP contribution >= 0.6 is 15.9 Å². The van der Waals surface area contributed by atoms with Crippen LogP contribution in [0.1, 0.15) is 45.2 Å². The van der Waals surface area contributed by atoms with Crippen LogP contribution in [0.2, 0.25) is 51.4 Å². The number of pyridine rings is 1. The fraction of sp³-hybridized carbons (Fsp3) is 0.561. The standard InChI is InChI=1S/C41H59BrN6O5Si2/c1-41(2,3)53-40(49)47-32-21-31(22-33(47)26-52-25-32)37-36(42)39(46(27-50-17-19-54(4,5)6)28-51-18-20-55(7,8)9)48-38(45-37)34(24-44-48)30-15-16-35(43-23-30)29-13-11-10-12-14-29/h10-16,23-24,31-33H,17-22,25-28H2,1-9H3. The molecule has 2 bridgehead atoms. The Morgan fingerprint density at radius 1 is 0.891 bits per heavy atom. The number of piperidine rings is 1. The Morgan fingerprint density at radius 3 is 2.05 bits per heavy atom. The Labute approximate surface area is 337 Å². The largest absolute Gasteiger partial charge is 0.444 e. The Hall–Kier alpha value is -3.15. The molecule has 2 fully saturated rings. The van der Waals surface area contributed by atoms with Crippen molar-refractivity contribution in [3.05, 3.63) is 65.0 Å². The number of carbonyl (C=O) groups is 1. The number of morpholine rings is 1. The van der Waals surface area contributed by atoms with Crippen LogP contribution in [0.15, 0.2) is 59.3 Å². The fourth-order valence-electron chi connectivity index (χ4n) is 7.07. The van der Waals surface area contributed by atoms with Gasteiger partial charge >= 0.3 is 6.09 Å². The van der Waals surface area contributed by atoms with Crippen molar-refractivity contribution in [2.45, 2.75) is 109 Å². The van der Waals surface area contributed by atoms with Gasteiger partial charge in [-0.05, 0) is 67.7 Å². The van der Waals surface area contributed by atoms with Gasteiger partial charge in [-0.1, -0.05) is 75.7 Å². The second kappa shape index (κ2) is 17.1. The molecule has 4 aromatic rings. The van der Waals surface area contributed by atoms with Gasteiger partial charge in [0.05, 0.1) is 47.4 Å². The van der Waals surface area contributed by atoms with Gasteiger partial charge in [0.25, 0.3) is 0 Å². The summed E-state index contributed by atoms with van der Waals surface area (Å²) in [7, 11) is -2.61. The molecule has 11 nitrogen and oxygen atoms in total. The van der Waals surface area contributed by atoms with Gasteiger partial charge < -0.3 is 23.8 Å². The summed E-state index contributed by atoms with van der Waals surface area (Å²) in [5.41, 5.74) is 4.84. The first kappa shape index (κ1) is 41.5. The van der Waals surface area contributed by atoms with E-state index < -0.39 is 21.7 Å². The number of ether oxygens (including phenoxy) is 4. The Kier molecular flexibility index (Phi) is 12.9. The zero-order chi connectivity index (χ0) is 39.5. The number of fused-ring (bicyclic) bond motifs is 3. The maximum absolute atomic E-state index is 13.5. The van der Waals surface area contributed by atoms with Crippen LogP contribution in [-0.4, -0.2) is 104 Å². The Balaban J connectivity index is 1.41. The molecule has 55 heavy (non-hydrogen) atoms. The first-order valence-corrected chi connectivity index (χ1v) is 27.8. The quantitative estimate of drug-likeness (QED) is 0.0698. The lowest BCUT2D eigenvalue weighted by Gasteiger charge is -2.48. The molecule has 0 N–H and O–H groups in total. The molecule has 2 aliphatic heterocycles. The van der Waals surface area contributed by atoms with E-state index in [2.05, 4.69) is 78.3 Å². The van der Waals surface area contributed by atoms with Gasteiger partial charge in [0.1, 0.15) is 19.1 Å². The molecule has 6 rings (SSSR count). The van der Waals surface area contributed by atoms with Crippen molar-refractivity contribution in [3.63, 3.8) is 0 Å². The van der Waals surface area contributed by atoms with E-state index in [-0.39, 0.29) is 24.1 Å². The molecule has 2 aliphatic rings. The van der Waals surface area contributed by atoms with E-state index in [1.807, 2.05) is 66.8 Å². The van der Waals surface area contributed by atoms with Crippen LogP contribution in [0.5, 0.6) is 0 Å². The summed E-state index contributed by atoms with van der Waals surface area (Å²) in [4.78, 5) is 27.8. The molecule has 14 heteroatoms. The summed E-state index contributed by atoms with van der Waals surface area (Å²) in [5.74, 6) is 0.872. The monoisotopic (exact) mass is 850 g/mol. The SMILES string of the molecule is CC(C)(C)OC(=O)N1C2COCC1CC(c1nc3c(-c4ccc(-c5ccccc5)nc4)cnn3c(N(COCC[Si](C)(C)C)COCC[Si](C)(C)C)c1Br)C2. The van der Waals surface area contributed by atoms with E-state index in [0.29, 0.717) is 52.7 Å². The lowest BCUT2D eigenvalue weighted by atomic mass is 9.83. The normalized spacial score (nSPS) is 19.2. The average molecular weight is 852 g/mol. The van der Waals surface area contributed by atoms with Crippen molar-refractivity contribution < 1.29 is 23.7 Å². The summed E-state index contributed by atoms with van der Waals surface area (Å²) in [6.45, 7) is 22.9. The topological polar surface area (TPSA) is 104 Å². The minimum Gasteiger partial charge on any atom is -0.444 e. The number of benzene rings is 1. The van der Waals surface area contributed by atoms with Crippen LogP contribution in [0.4, 0.5) is 10.6 Å². The van der Waals surface area contributed by atoms with Gasteiger partial charge in [-0.3, -0.25) is 9.88 Å². The highest BCUT2D eigenvalue weighted by Crippen LogP contribution is 2.44. The summed E-state index contributed by atoms with van der Waals surface area (Å²) < 4.78 is 27.5. The van der Waals surface area contributed by atoms with Gasteiger partial charge in [0, 0.05) is 58.2 Å². The first-order chi connectivity index (χ1) is 26.0. The van der Waals surface area contributed by atoms with E-state index in [0.717, 1.165) is 56.1 Å². The number of amides is 1. The predicted octanol–water partition coefficient (Wildman–Crippen LogP) is 9.53. The van der Waals surface area contributed by atoms with Crippen molar-refractivity contribution in [2.24, 2.45) is 0 Å². The number of rotatable bonds is 14. The van der Waals surface area contributed by atoms with Crippen LogP contribution in [0, 0.1) is 0 Å². The number of hydrogen-bond acceptors (Lipinski definition) is 9. The zero-order valence-electron chi connectivity index (χ0n) is 34.1. The van der Waals surface area contributed by atoms with Crippen molar-refractivity contribution in [2.75, 3.05) is 44.8 Å². The molecule has 1 aromatic carbocycles. The van der Waals surface area contributed by atoms with Crippen molar-refractivity contribution >= 4 is 49.6 Å². The van der Waals surface area contributed by atoms with Crippen molar-refractivity contribution in [1.82, 2.24) is 24.5 Å². The van der Waals surface area contributed by atoms with Gasteiger partial charge in [-0.2, -0.15) is 9.61 Å². The first-order valence-electron chi connectivity index (χ1n) is 19.6. The molecule has 3 aromatic heterocycles. The lowest BCUT2D eigenvalue weighted by Crippen LogP contribution is -2.59. The highest BCUT2D eigenvalue weighted by atomic mass is 79.9. The minimum atomic E-state index is -1.31. The van der Waals surface area contributed by atoms with Crippen LogP contribution in [0.3, 0.4) is 0 Å². The molecule has 0 radical (unpaired) electrons. The summed E-state index contributed by atoms with van der Waals surface area (Å²) in [6, 6.07) is 16.2. The predicted molar refractivity (Wildman–Crippen MR) is 228 cm³/mol. The second-order valence-electron chi connectivity index (χ2n) is 18.4.